The minimum absolute atomic E-state index is 0.0596. The van der Waals surface area contributed by atoms with E-state index in [2.05, 4.69) is 4.98 Å². The van der Waals surface area contributed by atoms with Crippen LogP contribution in [0.1, 0.15) is 0 Å². The number of aromatic nitrogens is 1. The molecule has 0 unspecified atom stereocenters. The molecule has 21 heavy (non-hydrogen) atoms. The average molecular weight is 320 g/mol. The molecule has 0 amide bonds. The first kappa shape index (κ1) is 13.9. The van der Waals surface area contributed by atoms with Crippen molar-refractivity contribution in [2.45, 2.75) is 9.79 Å². The van der Waals surface area contributed by atoms with Gasteiger partial charge in [-0.25, -0.2) is 8.42 Å². The maximum absolute atomic E-state index is 12.7. The molecule has 1 aromatic heterocycles. The van der Waals surface area contributed by atoms with Gasteiger partial charge >= 0.3 is 0 Å². The highest BCUT2D eigenvalue weighted by Crippen LogP contribution is 2.32. The fourth-order valence-corrected chi connectivity index (χ4v) is 3.88. The number of phenols is 1. The predicted molar refractivity (Wildman–Crippen MR) is 80.3 cm³/mol. The van der Waals surface area contributed by atoms with E-state index in [1.165, 1.54) is 30.5 Å². The summed E-state index contributed by atoms with van der Waals surface area (Å²) in [6.07, 6.45) is 1.50. The Hall–Kier alpha value is -2.11. The summed E-state index contributed by atoms with van der Waals surface area (Å²) in [6.45, 7) is 0. The lowest BCUT2D eigenvalue weighted by Crippen LogP contribution is -2.03. The van der Waals surface area contributed by atoms with Crippen molar-refractivity contribution in [3.63, 3.8) is 0 Å². The number of sulfone groups is 1. The number of halogens is 1. The lowest BCUT2D eigenvalue weighted by molar-refractivity contribution is 0.480. The molecule has 3 aromatic rings. The molecular formula is C15H10ClNO3S. The summed E-state index contributed by atoms with van der Waals surface area (Å²) < 4.78 is 25.5. The zero-order valence-corrected chi connectivity index (χ0v) is 12.3. The standard InChI is InChI=1S/C15H10ClNO3S/c16-10-3-1-4-11(9-10)21(19,20)14-7-6-13(18)15-12(14)5-2-8-17-15/h1-9,18H. The second-order valence-electron chi connectivity index (χ2n) is 4.44. The number of benzene rings is 2. The number of pyridine rings is 1. The maximum Gasteiger partial charge on any atom is 0.207 e. The third-order valence-corrected chi connectivity index (χ3v) is 5.15. The molecule has 0 aliphatic heterocycles. The van der Waals surface area contributed by atoms with Crippen LogP contribution in [0.4, 0.5) is 0 Å². The molecule has 0 atom stereocenters. The van der Waals surface area contributed by atoms with Gasteiger partial charge in [0.05, 0.1) is 9.79 Å². The molecule has 0 fully saturated rings. The van der Waals surface area contributed by atoms with Crippen LogP contribution in [0.5, 0.6) is 5.75 Å². The van der Waals surface area contributed by atoms with E-state index in [1.54, 1.807) is 24.3 Å². The van der Waals surface area contributed by atoms with Crippen molar-refractivity contribution in [1.82, 2.24) is 4.98 Å². The summed E-state index contributed by atoms with van der Waals surface area (Å²) in [7, 11) is -3.74. The number of fused-ring (bicyclic) bond motifs is 1. The van der Waals surface area contributed by atoms with Crippen molar-refractivity contribution in [2.24, 2.45) is 0 Å². The fraction of sp³-hybridized carbons (Fsp3) is 0. The number of nitrogens with zero attached hydrogens (tertiary/aromatic N) is 1. The van der Waals surface area contributed by atoms with Gasteiger partial charge in [-0.1, -0.05) is 17.7 Å². The van der Waals surface area contributed by atoms with Gasteiger partial charge in [-0.2, -0.15) is 0 Å². The van der Waals surface area contributed by atoms with Crippen molar-refractivity contribution in [3.05, 3.63) is 59.8 Å². The first-order valence-electron chi connectivity index (χ1n) is 6.07. The molecule has 2 aromatic carbocycles. The first-order valence-corrected chi connectivity index (χ1v) is 7.93. The Morgan fingerprint density at radius 1 is 1.05 bits per heavy atom. The summed E-state index contributed by atoms with van der Waals surface area (Å²) >= 11 is 5.87. The quantitative estimate of drug-likeness (QED) is 0.786. The summed E-state index contributed by atoms with van der Waals surface area (Å²) in [5, 5.41) is 10.5. The van der Waals surface area contributed by atoms with Gasteiger partial charge in [0.1, 0.15) is 11.3 Å². The SMILES string of the molecule is O=S(=O)(c1cccc(Cl)c1)c1ccc(O)c2ncccc12. The van der Waals surface area contributed by atoms with Crippen LogP contribution in [-0.4, -0.2) is 18.5 Å². The van der Waals surface area contributed by atoms with Gasteiger partial charge in [0, 0.05) is 16.6 Å². The average Bonchev–Trinajstić information content (AvgIpc) is 2.47. The topological polar surface area (TPSA) is 67.3 Å². The second-order valence-corrected chi connectivity index (χ2v) is 6.80. The van der Waals surface area contributed by atoms with Crippen LogP contribution in [0.3, 0.4) is 0 Å². The maximum atomic E-state index is 12.7. The molecule has 0 spiro atoms. The summed E-state index contributed by atoms with van der Waals surface area (Å²) in [5.74, 6) is -0.0596. The van der Waals surface area contributed by atoms with Gasteiger partial charge in [0.25, 0.3) is 0 Å². The Labute approximate surface area is 126 Å². The van der Waals surface area contributed by atoms with E-state index in [4.69, 9.17) is 11.6 Å². The Balaban J connectivity index is 2.32. The first-order chi connectivity index (χ1) is 10.00. The van der Waals surface area contributed by atoms with Crippen LogP contribution in [0.2, 0.25) is 5.02 Å². The molecule has 0 aliphatic rings. The van der Waals surface area contributed by atoms with Crippen LogP contribution in [0.15, 0.2) is 64.5 Å². The zero-order chi connectivity index (χ0) is 15.0. The number of hydrogen-bond donors (Lipinski definition) is 1. The van der Waals surface area contributed by atoms with Gasteiger partial charge < -0.3 is 5.11 Å². The number of rotatable bonds is 2. The van der Waals surface area contributed by atoms with Gasteiger partial charge in [0.2, 0.25) is 9.84 Å². The van der Waals surface area contributed by atoms with Crippen LogP contribution >= 0.6 is 11.6 Å². The van der Waals surface area contributed by atoms with Gasteiger partial charge in [-0.3, -0.25) is 4.98 Å². The number of phenolic OH excluding ortho intramolecular Hbond substituents is 1. The van der Waals surface area contributed by atoms with Crippen molar-refractivity contribution in [3.8, 4) is 5.75 Å². The molecule has 6 heteroatoms. The van der Waals surface area contributed by atoms with Crippen molar-refractivity contribution in [2.75, 3.05) is 0 Å². The van der Waals surface area contributed by atoms with E-state index in [-0.39, 0.29) is 21.1 Å². The smallest absolute Gasteiger partial charge is 0.207 e. The van der Waals surface area contributed by atoms with Gasteiger partial charge in [-0.15, -0.1) is 0 Å². The molecule has 1 heterocycles. The summed E-state index contributed by atoms with van der Waals surface area (Å²) in [5.41, 5.74) is 0.251. The zero-order valence-electron chi connectivity index (χ0n) is 10.7. The van der Waals surface area contributed by atoms with E-state index in [1.807, 2.05) is 0 Å². The van der Waals surface area contributed by atoms with Gasteiger partial charge in [-0.05, 0) is 42.5 Å². The lowest BCUT2D eigenvalue weighted by atomic mass is 10.2. The van der Waals surface area contributed by atoms with E-state index < -0.39 is 9.84 Å². The molecule has 106 valence electrons. The molecule has 1 N–H and O–H groups in total. The van der Waals surface area contributed by atoms with Crippen LogP contribution in [-0.2, 0) is 9.84 Å². The van der Waals surface area contributed by atoms with Crippen LogP contribution < -0.4 is 0 Å². The third-order valence-electron chi connectivity index (χ3n) is 3.10. The third kappa shape index (κ3) is 2.34. The van der Waals surface area contributed by atoms with Gasteiger partial charge in [0.15, 0.2) is 0 Å². The van der Waals surface area contributed by atoms with E-state index in [0.717, 1.165) is 0 Å². The van der Waals surface area contributed by atoms with E-state index >= 15 is 0 Å². The molecule has 4 nitrogen and oxygen atoms in total. The lowest BCUT2D eigenvalue weighted by Gasteiger charge is -2.09. The number of aromatic hydroxyl groups is 1. The Bertz CT molecular complexity index is 939. The molecule has 0 bridgehead atoms. The van der Waals surface area contributed by atoms with Crippen molar-refractivity contribution >= 4 is 32.3 Å². The monoisotopic (exact) mass is 319 g/mol. The highest BCUT2D eigenvalue weighted by Gasteiger charge is 2.21. The highest BCUT2D eigenvalue weighted by atomic mass is 35.5. The minimum Gasteiger partial charge on any atom is -0.506 e. The largest absolute Gasteiger partial charge is 0.506 e. The van der Waals surface area contributed by atoms with E-state index in [9.17, 15) is 13.5 Å². The molecule has 0 saturated carbocycles. The second kappa shape index (κ2) is 5.02. The summed E-state index contributed by atoms with van der Waals surface area (Å²) in [6, 6.07) is 12.0. The highest BCUT2D eigenvalue weighted by molar-refractivity contribution is 7.91. The Morgan fingerprint density at radius 2 is 1.86 bits per heavy atom. The molecule has 3 rings (SSSR count). The Morgan fingerprint density at radius 3 is 2.62 bits per heavy atom. The number of hydrogen-bond acceptors (Lipinski definition) is 4. The van der Waals surface area contributed by atoms with Crippen LogP contribution in [0, 0.1) is 0 Å². The molecule has 0 saturated heterocycles. The van der Waals surface area contributed by atoms with E-state index in [0.29, 0.717) is 10.4 Å². The van der Waals surface area contributed by atoms with Crippen LogP contribution in [0.25, 0.3) is 10.9 Å². The molecule has 0 radical (unpaired) electrons. The van der Waals surface area contributed by atoms with Crippen molar-refractivity contribution in [1.29, 1.82) is 0 Å². The predicted octanol–water partition coefficient (Wildman–Crippen LogP) is 3.43. The fourth-order valence-electron chi connectivity index (χ4n) is 2.13. The van der Waals surface area contributed by atoms with Crippen molar-refractivity contribution < 1.29 is 13.5 Å². The minimum atomic E-state index is -3.74. The Kier molecular flexibility index (Phi) is 3.31. The molecular weight excluding hydrogens is 310 g/mol. The normalized spacial score (nSPS) is 11.7. The summed E-state index contributed by atoms with van der Waals surface area (Å²) in [4.78, 5) is 4.22. The molecule has 0 aliphatic carbocycles.